The van der Waals surface area contributed by atoms with Crippen LogP contribution in [0, 0.1) is 11.3 Å². The lowest BCUT2D eigenvalue weighted by Gasteiger charge is -2.08. The number of nitrogens with zero attached hydrogens (tertiary/aromatic N) is 3. The summed E-state index contributed by atoms with van der Waals surface area (Å²) in [7, 11) is 2.98. The van der Waals surface area contributed by atoms with Crippen LogP contribution in [0.5, 0.6) is 11.5 Å². The first-order chi connectivity index (χ1) is 9.69. The molecule has 0 fully saturated rings. The Bertz CT molecular complexity index is 699. The van der Waals surface area contributed by atoms with Crippen LogP contribution in [0.1, 0.15) is 11.1 Å². The van der Waals surface area contributed by atoms with Gasteiger partial charge in [-0.25, -0.2) is 4.68 Å². The summed E-state index contributed by atoms with van der Waals surface area (Å²) in [6.07, 6.45) is 1.36. The third-order valence-corrected chi connectivity index (χ3v) is 2.83. The molecule has 0 spiro atoms. The van der Waals surface area contributed by atoms with E-state index in [0.717, 1.165) is 11.3 Å². The number of aromatic nitrogens is 2. The molecule has 0 atom stereocenters. The van der Waals surface area contributed by atoms with E-state index in [-0.39, 0.29) is 17.9 Å². The molecule has 0 unspecified atom stereocenters. The molecular weight excluding hydrogens is 258 g/mol. The van der Waals surface area contributed by atoms with Gasteiger partial charge in [0.15, 0.2) is 11.3 Å². The molecule has 2 rings (SSSR count). The molecule has 0 radical (unpaired) electrons. The van der Waals surface area contributed by atoms with E-state index in [2.05, 4.69) is 5.10 Å². The van der Waals surface area contributed by atoms with Crippen LogP contribution < -0.4 is 15.0 Å². The third kappa shape index (κ3) is 2.62. The minimum Gasteiger partial charge on any atom is -0.497 e. The van der Waals surface area contributed by atoms with Gasteiger partial charge in [-0.05, 0) is 17.7 Å². The van der Waals surface area contributed by atoms with E-state index in [1.165, 1.54) is 18.0 Å². The minimum absolute atomic E-state index is 0.0454. The smallest absolute Gasteiger partial charge is 0.288 e. The summed E-state index contributed by atoms with van der Waals surface area (Å²) in [6.45, 7) is 0.279. The molecule has 0 aliphatic heterocycles. The van der Waals surface area contributed by atoms with Crippen molar-refractivity contribution in [2.24, 2.45) is 0 Å². The van der Waals surface area contributed by atoms with E-state index >= 15 is 0 Å². The van der Waals surface area contributed by atoms with E-state index in [9.17, 15) is 4.79 Å². The van der Waals surface area contributed by atoms with Crippen molar-refractivity contribution in [3.05, 3.63) is 51.9 Å². The lowest BCUT2D eigenvalue weighted by atomic mass is 10.2. The second kappa shape index (κ2) is 5.89. The Labute approximate surface area is 115 Å². The van der Waals surface area contributed by atoms with Crippen molar-refractivity contribution < 1.29 is 9.47 Å². The van der Waals surface area contributed by atoms with E-state index in [1.807, 2.05) is 18.2 Å². The van der Waals surface area contributed by atoms with E-state index in [4.69, 9.17) is 14.7 Å². The highest BCUT2D eigenvalue weighted by atomic mass is 16.5. The Morgan fingerprint density at radius 1 is 1.25 bits per heavy atom. The summed E-state index contributed by atoms with van der Waals surface area (Å²) in [5.41, 5.74) is 0.369. The second-order valence-corrected chi connectivity index (χ2v) is 4.01. The Hall–Kier alpha value is -2.81. The fourth-order valence-electron chi connectivity index (χ4n) is 1.75. The normalized spacial score (nSPS) is 9.85. The highest BCUT2D eigenvalue weighted by molar-refractivity contribution is 5.39. The van der Waals surface area contributed by atoms with Crippen LogP contribution in [-0.4, -0.2) is 24.0 Å². The maximum absolute atomic E-state index is 12.1. The first-order valence-electron chi connectivity index (χ1n) is 5.86. The second-order valence-electron chi connectivity index (χ2n) is 4.01. The summed E-state index contributed by atoms with van der Waals surface area (Å²) < 4.78 is 11.2. The number of ether oxygens (including phenoxy) is 2. The largest absolute Gasteiger partial charge is 0.497 e. The fourth-order valence-corrected chi connectivity index (χ4v) is 1.75. The SMILES string of the molecule is COc1ccc(Cn2ncc(OC)c(C#N)c2=O)cc1. The van der Waals surface area contributed by atoms with Crippen molar-refractivity contribution in [1.82, 2.24) is 9.78 Å². The topological polar surface area (TPSA) is 77.1 Å². The van der Waals surface area contributed by atoms with Crippen LogP contribution in [0.3, 0.4) is 0 Å². The predicted molar refractivity (Wildman–Crippen MR) is 71.9 cm³/mol. The first kappa shape index (κ1) is 13.6. The highest BCUT2D eigenvalue weighted by Gasteiger charge is 2.11. The molecule has 20 heavy (non-hydrogen) atoms. The fraction of sp³-hybridized carbons (Fsp3) is 0.214. The van der Waals surface area contributed by atoms with Gasteiger partial charge in [-0.1, -0.05) is 12.1 Å². The van der Waals surface area contributed by atoms with E-state index < -0.39 is 5.56 Å². The third-order valence-electron chi connectivity index (χ3n) is 2.83. The molecule has 0 amide bonds. The Kier molecular flexibility index (Phi) is 4.01. The van der Waals surface area contributed by atoms with Gasteiger partial charge in [0.05, 0.1) is 27.0 Å². The molecule has 102 valence electrons. The molecule has 0 saturated heterocycles. The van der Waals surface area contributed by atoms with Crippen molar-refractivity contribution in [1.29, 1.82) is 5.26 Å². The van der Waals surface area contributed by atoms with Gasteiger partial charge in [0, 0.05) is 0 Å². The van der Waals surface area contributed by atoms with Crippen molar-refractivity contribution in [3.63, 3.8) is 0 Å². The zero-order chi connectivity index (χ0) is 14.5. The monoisotopic (exact) mass is 271 g/mol. The molecule has 0 aliphatic carbocycles. The highest BCUT2D eigenvalue weighted by Crippen LogP contribution is 2.13. The Morgan fingerprint density at radius 3 is 2.50 bits per heavy atom. The summed E-state index contributed by atoms with van der Waals surface area (Å²) in [5.74, 6) is 0.921. The van der Waals surface area contributed by atoms with Crippen LogP contribution in [0.4, 0.5) is 0 Å². The minimum atomic E-state index is -0.470. The van der Waals surface area contributed by atoms with Crippen LogP contribution in [-0.2, 0) is 6.54 Å². The molecule has 0 bridgehead atoms. The molecular formula is C14H13N3O3. The molecule has 1 heterocycles. The lowest BCUT2D eigenvalue weighted by molar-refractivity contribution is 0.405. The van der Waals surface area contributed by atoms with Gasteiger partial charge >= 0.3 is 0 Å². The summed E-state index contributed by atoms with van der Waals surface area (Å²) >= 11 is 0. The van der Waals surface area contributed by atoms with Crippen LogP contribution >= 0.6 is 0 Å². The van der Waals surface area contributed by atoms with Crippen LogP contribution in [0.25, 0.3) is 0 Å². The van der Waals surface area contributed by atoms with Crippen molar-refractivity contribution in [3.8, 4) is 17.6 Å². The summed E-state index contributed by atoms with van der Waals surface area (Å²) in [4.78, 5) is 12.1. The molecule has 0 N–H and O–H groups in total. The average molecular weight is 271 g/mol. The summed E-state index contributed by atoms with van der Waals surface area (Å²) in [5, 5.41) is 13.0. The van der Waals surface area contributed by atoms with E-state index in [1.54, 1.807) is 19.2 Å². The summed E-state index contributed by atoms with van der Waals surface area (Å²) in [6, 6.07) is 9.12. The number of hydrogen-bond donors (Lipinski definition) is 0. The molecule has 0 aliphatic rings. The van der Waals surface area contributed by atoms with Gasteiger partial charge in [0.2, 0.25) is 0 Å². The maximum atomic E-state index is 12.1. The number of nitriles is 1. The van der Waals surface area contributed by atoms with Crippen molar-refractivity contribution in [2.45, 2.75) is 6.54 Å². The molecule has 1 aromatic heterocycles. The number of benzene rings is 1. The van der Waals surface area contributed by atoms with Crippen molar-refractivity contribution in [2.75, 3.05) is 14.2 Å². The van der Waals surface area contributed by atoms with Gasteiger partial charge < -0.3 is 9.47 Å². The van der Waals surface area contributed by atoms with Crippen molar-refractivity contribution >= 4 is 0 Å². The molecule has 6 heteroatoms. The number of hydrogen-bond acceptors (Lipinski definition) is 5. The molecule has 1 aromatic carbocycles. The van der Waals surface area contributed by atoms with Gasteiger partial charge in [0.1, 0.15) is 11.8 Å². The first-order valence-corrected chi connectivity index (χ1v) is 5.86. The lowest BCUT2D eigenvalue weighted by Crippen LogP contribution is -2.26. The van der Waals surface area contributed by atoms with Gasteiger partial charge in [0.25, 0.3) is 5.56 Å². The molecule has 6 nitrogen and oxygen atoms in total. The Balaban J connectivity index is 2.34. The van der Waals surface area contributed by atoms with Crippen LogP contribution in [0.15, 0.2) is 35.3 Å². The zero-order valence-corrected chi connectivity index (χ0v) is 11.2. The van der Waals surface area contributed by atoms with Gasteiger partial charge in [-0.2, -0.15) is 10.4 Å². The Morgan fingerprint density at radius 2 is 1.95 bits per heavy atom. The maximum Gasteiger partial charge on any atom is 0.288 e. The molecule has 0 saturated carbocycles. The predicted octanol–water partition coefficient (Wildman–Crippen LogP) is 1.18. The average Bonchev–Trinajstić information content (AvgIpc) is 2.49. The van der Waals surface area contributed by atoms with Crippen LogP contribution in [0.2, 0.25) is 0 Å². The number of rotatable bonds is 4. The van der Waals surface area contributed by atoms with Gasteiger partial charge in [-0.15, -0.1) is 0 Å². The zero-order valence-electron chi connectivity index (χ0n) is 11.2. The van der Waals surface area contributed by atoms with Gasteiger partial charge in [-0.3, -0.25) is 4.79 Å². The standard InChI is InChI=1S/C14H13N3O3/c1-19-11-5-3-10(4-6-11)9-17-14(18)12(7-15)13(20-2)8-16-17/h3-6,8H,9H2,1-2H3. The quantitative estimate of drug-likeness (QED) is 0.834. The molecule has 2 aromatic rings. The van der Waals surface area contributed by atoms with E-state index in [0.29, 0.717) is 0 Å². The number of methoxy groups -OCH3 is 2.